The number of carbonyl (C=O) groups is 1. The van der Waals surface area contributed by atoms with Gasteiger partial charge in [-0.1, -0.05) is 20.3 Å². The third-order valence-corrected chi connectivity index (χ3v) is 3.76. The van der Waals surface area contributed by atoms with Crippen LogP contribution in [0.2, 0.25) is 0 Å². The van der Waals surface area contributed by atoms with Crippen LogP contribution >= 0.6 is 0 Å². The fourth-order valence-electron chi connectivity index (χ4n) is 2.65. The Hall–Kier alpha value is -0.610. The van der Waals surface area contributed by atoms with Crippen LogP contribution in [0, 0.1) is 11.8 Å². The van der Waals surface area contributed by atoms with Gasteiger partial charge in [-0.15, -0.1) is 0 Å². The fraction of sp³-hybridized carbons (Fsp3) is 0.923. The Labute approximate surface area is 104 Å². The number of nitrogens with one attached hydrogen (secondary N) is 1. The molecule has 1 aliphatic heterocycles. The highest BCUT2D eigenvalue weighted by atomic mass is 16.5. The lowest BCUT2D eigenvalue weighted by molar-refractivity contribution is -0.166. The second-order valence-corrected chi connectivity index (χ2v) is 4.94. The number of carbonyl (C=O) groups excluding carboxylic acids is 1. The lowest BCUT2D eigenvalue weighted by atomic mass is 9.72. The van der Waals surface area contributed by atoms with E-state index in [1.54, 1.807) is 6.92 Å². The molecule has 0 saturated carbocycles. The highest BCUT2D eigenvalue weighted by Gasteiger charge is 2.46. The molecule has 4 heteroatoms. The molecule has 1 heterocycles. The van der Waals surface area contributed by atoms with Gasteiger partial charge in [-0.2, -0.15) is 0 Å². The maximum absolute atomic E-state index is 12.0. The van der Waals surface area contributed by atoms with Crippen molar-refractivity contribution >= 4 is 5.97 Å². The van der Waals surface area contributed by atoms with Gasteiger partial charge in [0, 0.05) is 6.54 Å². The Balaban J connectivity index is 2.83. The molecule has 2 N–H and O–H groups in total. The molecule has 0 aromatic carbocycles. The SMILES string of the molecule is CCCC(C(=O)OCC)C1(O)CCNCC1C. The number of esters is 1. The van der Waals surface area contributed by atoms with E-state index >= 15 is 0 Å². The van der Waals surface area contributed by atoms with E-state index < -0.39 is 5.60 Å². The van der Waals surface area contributed by atoms with Gasteiger partial charge >= 0.3 is 5.97 Å². The molecule has 0 radical (unpaired) electrons. The smallest absolute Gasteiger partial charge is 0.311 e. The first-order valence-corrected chi connectivity index (χ1v) is 6.66. The van der Waals surface area contributed by atoms with E-state index in [0.717, 1.165) is 19.5 Å². The summed E-state index contributed by atoms with van der Waals surface area (Å²) >= 11 is 0. The van der Waals surface area contributed by atoms with Gasteiger partial charge in [-0.05, 0) is 32.2 Å². The molecule has 0 bridgehead atoms. The third-order valence-electron chi connectivity index (χ3n) is 3.76. The molecule has 100 valence electrons. The highest BCUT2D eigenvalue weighted by molar-refractivity contribution is 5.74. The first-order valence-electron chi connectivity index (χ1n) is 6.66. The molecule has 3 unspecified atom stereocenters. The second-order valence-electron chi connectivity index (χ2n) is 4.94. The molecular formula is C13H25NO3. The second kappa shape index (κ2) is 6.36. The summed E-state index contributed by atoms with van der Waals surface area (Å²) in [5, 5.41) is 14.0. The Morgan fingerprint density at radius 1 is 1.59 bits per heavy atom. The number of rotatable bonds is 5. The summed E-state index contributed by atoms with van der Waals surface area (Å²) in [4.78, 5) is 12.0. The summed E-state index contributed by atoms with van der Waals surface area (Å²) in [5.74, 6) is -0.549. The minimum absolute atomic E-state index is 0.0807. The summed E-state index contributed by atoms with van der Waals surface area (Å²) in [6, 6.07) is 0. The van der Waals surface area contributed by atoms with Crippen LogP contribution in [0.5, 0.6) is 0 Å². The monoisotopic (exact) mass is 243 g/mol. The zero-order chi connectivity index (χ0) is 12.9. The largest absolute Gasteiger partial charge is 0.466 e. The quantitative estimate of drug-likeness (QED) is 0.715. The topological polar surface area (TPSA) is 58.6 Å². The number of ether oxygens (including phenoxy) is 1. The lowest BCUT2D eigenvalue weighted by Crippen LogP contribution is -2.55. The fourth-order valence-corrected chi connectivity index (χ4v) is 2.65. The van der Waals surface area contributed by atoms with Gasteiger partial charge in [0.25, 0.3) is 0 Å². The van der Waals surface area contributed by atoms with E-state index in [1.165, 1.54) is 0 Å². The van der Waals surface area contributed by atoms with Crippen LogP contribution < -0.4 is 5.32 Å². The van der Waals surface area contributed by atoms with Gasteiger partial charge in [-0.25, -0.2) is 0 Å². The molecule has 0 aliphatic carbocycles. The predicted octanol–water partition coefficient (Wildman–Crippen LogP) is 1.33. The summed E-state index contributed by atoms with van der Waals surface area (Å²) in [5.41, 5.74) is -0.909. The van der Waals surface area contributed by atoms with E-state index in [9.17, 15) is 9.90 Å². The zero-order valence-electron chi connectivity index (χ0n) is 11.2. The molecule has 1 fully saturated rings. The molecule has 1 saturated heterocycles. The molecule has 4 nitrogen and oxygen atoms in total. The van der Waals surface area contributed by atoms with E-state index in [2.05, 4.69) is 5.32 Å². The van der Waals surface area contributed by atoms with Gasteiger partial charge in [0.1, 0.15) is 0 Å². The van der Waals surface area contributed by atoms with Crippen molar-refractivity contribution in [3.63, 3.8) is 0 Å². The van der Waals surface area contributed by atoms with Crippen molar-refractivity contribution in [2.24, 2.45) is 11.8 Å². The molecule has 1 rings (SSSR count). The third kappa shape index (κ3) is 3.19. The van der Waals surface area contributed by atoms with Gasteiger partial charge < -0.3 is 15.2 Å². The van der Waals surface area contributed by atoms with E-state index in [1.807, 2.05) is 13.8 Å². The Morgan fingerprint density at radius 2 is 2.29 bits per heavy atom. The van der Waals surface area contributed by atoms with Crippen LogP contribution in [0.1, 0.15) is 40.0 Å². The average Bonchev–Trinajstić information content (AvgIpc) is 2.30. The Kier molecular flexibility index (Phi) is 5.40. The summed E-state index contributed by atoms with van der Waals surface area (Å²) in [6.45, 7) is 7.73. The Morgan fingerprint density at radius 3 is 2.82 bits per heavy atom. The number of piperidine rings is 1. The molecular weight excluding hydrogens is 218 g/mol. The predicted molar refractivity (Wildman–Crippen MR) is 66.6 cm³/mol. The van der Waals surface area contributed by atoms with Crippen LogP contribution in [-0.2, 0) is 9.53 Å². The normalized spacial score (nSPS) is 30.9. The first kappa shape index (κ1) is 14.5. The van der Waals surface area contributed by atoms with Gasteiger partial charge in [0.15, 0.2) is 0 Å². The zero-order valence-corrected chi connectivity index (χ0v) is 11.2. The number of aliphatic hydroxyl groups is 1. The number of hydrogen-bond acceptors (Lipinski definition) is 4. The first-order chi connectivity index (χ1) is 8.06. The highest BCUT2D eigenvalue weighted by Crippen LogP contribution is 2.35. The molecule has 0 aromatic rings. The Bertz CT molecular complexity index is 257. The van der Waals surface area contributed by atoms with E-state index in [-0.39, 0.29) is 17.8 Å². The van der Waals surface area contributed by atoms with Crippen LogP contribution in [0.3, 0.4) is 0 Å². The van der Waals surface area contributed by atoms with Gasteiger partial charge in [0.05, 0.1) is 18.1 Å². The lowest BCUT2D eigenvalue weighted by Gasteiger charge is -2.43. The average molecular weight is 243 g/mol. The molecule has 17 heavy (non-hydrogen) atoms. The standard InChI is InChI=1S/C13H25NO3/c1-4-6-11(12(15)17-5-2)13(16)7-8-14-9-10(13)3/h10-11,14,16H,4-9H2,1-3H3. The van der Waals surface area contributed by atoms with Crippen LogP contribution in [0.25, 0.3) is 0 Å². The van der Waals surface area contributed by atoms with Crippen molar-refractivity contribution in [1.82, 2.24) is 5.32 Å². The van der Waals surface area contributed by atoms with Crippen molar-refractivity contribution in [3.8, 4) is 0 Å². The van der Waals surface area contributed by atoms with Crippen molar-refractivity contribution < 1.29 is 14.6 Å². The molecule has 3 atom stereocenters. The van der Waals surface area contributed by atoms with Crippen LogP contribution in [0.15, 0.2) is 0 Å². The minimum Gasteiger partial charge on any atom is -0.466 e. The maximum Gasteiger partial charge on any atom is 0.311 e. The van der Waals surface area contributed by atoms with Crippen molar-refractivity contribution in [3.05, 3.63) is 0 Å². The minimum atomic E-state index is -0.909. The van der Waals surface area contributed by atoms with E-state index in [4.69, 9.17) is 4.74 Å². The summed E-state index contributed by atoms with van der Waals surface area (Å²) in [6.07, 6.45) is 2.20. The number of hydrogen-bond donors (Lipinski definition) is 2. The molecule has 0 spiro atoms. The van der Waals surface area contributed by atoms with Crippen LogP contribution in [0.4, 0.5) is 0 Å². The van der Waals surface area contributed by atoms with E-state index in [0.29, 0.717) is 19.4 Å². The van der Waals surface area contributed by atoms with Crippen molar-refractivity contribution in [2.75, 3.05) is 19.7 Å². The van der Waals surface area contributed by atoms with Crippen molar-refractivity contribution in [1.29, 1.82) is 0 Å². The van der Waals surface area contributed by atoms with Crippen molar-refractivity contribution in [2.45, 2.75) is 45.6 Å². The molecule has 0 aromatic heterocycles. The molecule has 0 amide bonds. The molecule has 1 aliphatic rings. The summed E-state index contributed by atoms with van der Waals surface area (Å²) < 4.78 is 5.10. The van der Waals surface area contributed by atoms with Gasteiger partial charge in [-0.3, -0.25) is 4.79 Å². The summed E-state index contributed by atoms with van der Waals surface area (Å²) in [7, 11) is 0. The van der Waals surface area contributed by atoms with Crippen LogP contribution in [-0.4, -0.2) is 36.4 Å². The van der Waals surface area contributed by atoms with Gasteiger partial charge in [0.2, 0.25) is 0 Å². The maximum atomic E-state index is 12.0.